The number of amides is 1. The molecular weight excluding hydrogens is 422 g/mol. The van der Waals surface area contributed by atoms with E-state index in [4.69, 9.17) is 28.6 Å². The third-order valence-corrected chi connectivity index (χ3v) is 5.40. The molecule has 0 radical (unpaired) electrons. The topological polar surface area (TPSA) is 76.1 Å². The molecule has 0 aliphatic heterocycles. The molecule has 3 rings (SSSR count). The number of hydrogen-bond acceptors (Lipinski definition) is 4. The largest absolute Gasteiger partial charge is 0.495 e. The number of nitrogens with zero attached hydrogens (tertiary/aromatic N) is 1. The zero-order chi connectivity index (χ0) is 22.1. The second-order valence-electron chi connectivity index (χ2n) is 8.04. The van der Waals surface area contributed by atoms with Gasteiger partial charge >= 0.3 is 0 Å². The van der Waals surface area contributed by atoms with Gasteiger partial charge in [0.15, 0.2) is 4.77 Å². The van der Waals surface area contributed by atoms with Crippen LogP contribution in [0.1, 0.15) is 32.8 Å². The second kappa shape index (κ2) is 8.62. The highest BCUT2D eigenvalue weighted by Crippen LogP contribution is 2.31. The highest BCUT2D eigenvalue weighted by Gasteiger charge is 2.17. The van der Waals surface area contributed by atoms with Crippen LogP contribution in [0.15, 0.2) is 41.2 Å². The molecule has 0 saturated carbocycles. The number of carbonyl (C=O) groups is 1. The standard InChI is InChI=1S/C22H24ClN3O3S/c1-22(2,3)13-5-8-18(29-4)17(11-13)24-19(27)9-10-26-20(28)15-7-6-14(23)12-16(15)25-21(26)30/h5-8,11-12H,9-10H2,1-4H3,(H,24,27)(H,25,30). The quantitative estimate of drug-likeness (QED) is 0.539. The second-order valence-corrected chi connectivity index (χ2v) is 8.86. The molecule has 0 bridgehead atoms. The average Bonchev–Trinajstić information content (AvgIpc) is 2.66. The normalized spacial score (nSPS) is 11.5. The smallest absolute Gasteiger partial charge is 0.262 e. The summed E-state index contributed by atoms with van der Waals surface area (Å²) in [6, 6.07) is 10.7. The first kappa shape index (κ1) is 22.1. The molecule has 30 heavy (non-hydrogen) atoms. The monoisotopic (exact) mass is 445 g/mol. The molecule has 0 fully saturated rings. The van der Waals surface area contributed by atoms with Crippen LogP contribution in [0.25, 0.3) is 10.9 Å². The van der Waals surface area contributed by atoms with E-state index in [2.05, 4.69) is 31.1 Å². The van der Waals surface area contributed by atoms with E-state index in [-0.39, 0.29) is 34.6 Å². The van der Waals surface area contributed by atoms with Gasteiger partial charge in [0.2, 0.25) is 5.91 Å². The van der Waals surface area contributed by atoms with Crippen molar-refractivity contribution in [3.63, 3.8) is 0 Å². The Balaban J connectivity index is 1.81. The van der Waals surface area contributed by atoms with Crippen molar-refractivity contribution in [1.29, 1.82) is 0 Å². The Morgan fingerprint density at radius 2 is 1.97 bits per heavy atom. The lowest BCUT2D eigenvalue weighted by Crippen LogP contribution is -2.25. The molecule has 2 aromatic carbocycles. The van der Waals surface area contributed by atoms with E-state index in [0.29, 0.717) is 27.4 Å². The van der Waals surface area contributed by atoms with Crippen molar-refractivity contribution >= 4 is 46.3 Å². The molecule has 0 aliphatic carbocycles. The van der Waals surface area contributed by atoms with E-state index in [1.54, 1.807) is 25.3 Å². The number of hydrogen-bond donors (Lipinski definition) is 2. The van der Waals surface area contributed by atoms with Gasteiger partial charge in [0.1, 0.15) is 5.75 Å². The molecule has 0 atom stereocenters. The zero-order valence-electron chi connectivity index (χ0n) is 17.3. The number of rotatable bonds is 5. The van der Waals surface area contributed by atoms with Crippen molar-refractivity contribution in [2.75, 3.05) is 12.4 Å². The molecule has 1 amide bonds. The van der Waals surface area contributed by atoms with E-state index in [1.165, 1.54) is 4.57 Å². The third-order valence-electron chi connectivity index (χ3n) is 4.85. The summed E-state index contributed by atoms with van der Waals surface area (Å²) in [7, 11) is 1.56. The van der Waals surface area contributed by atoms with Gasteiger partial charge in [-0.2, -0.15) is 0 Å². The number of carbonyl (C=O) groups excluding carboxylic acids is 1. The van der Waals surface area contributed by atoms with Gasteiger partial charge < -0.3 is 15.0 Å². The van der Waals surface area contributed by atoms with E-state index in [1.807, 2.05) is 18.2 Å². The predicted molar refractivity (Wildman–Crippen MR) is 123 cm³/mol. The summed E-state index contributed by atoms with van der Waals surface area (Å²) in [5.41, 5.74) is 1.92. The fourth-order valence-electron chi connectivity index (χ4n) is 3.13. The van der Waals surface area contributed by atoms with Crippen molar-refractivity contribution in [2.45, 2.75) is 39.2 Å². The molecule has 1 aromatic heterocycles. The van der Waals surface area contributed by atoms with Gasteiger partial charge in [-0.05, 0) is 53.5 Å². The minimum absolute atomic E-state index is 0.0693. The van der Waals surface area contributed by atoms with Crippen LogP contribution in [-0.2, 0) is 16.8 Å². The summed E-state index contributed by atoms with van der Waals surface area (Å²) in [4.78, 5) is 28.4. The van der Waals surface area contributed by atoms with Crippen LogP contribution >= 0.6 is 23.8 Å². The minimum Gasteiger partial charge on any atom is -0.495 e. The molecule has 158 valence electrons. The Kier molecular flexibility index (Phi) is 6.33. The molecule has 0 spiro atoms. The van der Waals surface area contributed by atoms with Gasteiger partial charge in [-0.15, -0.1) is 0 Å². The SMILES string of the molecule is COc1ccc(C(C)(C)C)cc1NC(=O)CCn1c(=S)[nH]c2cc(Cl)ccc2c1=O. The average molecular weight is 446 g/mol. The number of nitrogens with one attached hydrogen (secondary N) is 2. The van der Waals surface area contributed by atoms with Gasteiger partial charge in [0.05, 0.1) is 23.7 Å². The van der Waals surface area contributed by atoms with E-state index >= 15 is 0 Å². The van der Waals surface area contributed by atoms with Gasteiger partial charge in [0.25, 0.3) is 5.56 Å². The summed E-state index contributed by atoms with van der Waals surface area (Å²) >= 11 is 11.3. The van der Waals surface area contributed by atoms with Crippen molar-refractivity contribution in [3.8, 4) is 5.75 Å². The highest BCUT2D eigenvalue weighted by molar-refractivity contribution is 7.71. The van der Waals surface area contributed by atoms with Crippen molar-refractivity contribution in [3.05, 3.63) is 62.1 Å². The van der Waals surface area contributed by atoms with Crippen LogP contribution in [-0.4, -0.2) is 22.6 Å². The number of benzene rings is 2. The lowest BCUT2D eigenvalue weighted by Gasteiger charge is -2.21. The van der Waals surface area contributed by atoms with E-state index < -0.39 is 0 Å². The molecule has 6 nitrogen and oxygen atoms in total. The van der Waals surface area contributed by atoms with Crippen LogP contribution in [0.4, 0.5) is 5.69 Å². The lowest BCUT2D eigenvalue weighted by atomic mass is 9.87. The molecular formula is C22H24ClN3O3S. The van der Waals surface area contributed by atoms with Gasteiger partial charge in [0, 0.05) is 18.0 Å². The Morgan fingerprint density at radius 3 is 2.63 bits per heavy atom. The number of aromatic amines is 1. The molecule has 0 unspecified atom stereocenters. The van der Waals surface area contributed by atoms with Crippen molar-refractivity contribution < 1.29 is 9.53 Å². The summed E-state index contributed by atoms with van der Waals surface area (Å²) in [6.45, 7) is 6.45. The first-order valence-corrected chi connectivity index (χ1v) is 10.3. The third kappa shape index (κ3) is 4.74. The van der Waals surface area contributed by atoms with Crippen molar-refractivity contribution in [2.24, 2.45) is 0 Å². The number of ether oxygens (including phenoxy) is 1. The Hall–Kier alpha value is -2.64. The van der Waals surface area contributed by atoms with Crippen LogP contribution < -0.4 is 15.6 Å². The van der Waals surface area contributed by atoms with Crippen LogP contribution in [0.5, 0.6) is 5.75 Å². The maximum absolute atomic E-state index is 12.8. The molecule has 8 heteroatoms. The van der Waals surface area contributed by atoms with Gasteiger partial charge in [-0.25, -0.2) is 0 Å². The zero-order valence-corrected chi connectivity index (χ0v) is 18.9. The van der Waals surface area contributed by atoms with Crippen molar-refractivity contribution in [1.82, 2.24) is 9.55 Å². The summed E-state index contributed by atoms with van der Waals surface area (Å²) < 4.78 is 7.00. The predicted octanol–water partition coefficient (Wildman–Crippen LogP) is 5.05. The number of H-pyrrole nitrogens is 1. The highest BCUT2D eigenvalue weighted by atomic mass is 35.5. The molecule has 1 heterocycles. The first-order valence-electron chi connectivity index (χ1n) is 9.51. The molecule has 3 aromatic rings. The fourth-order valence-corrected chi connectivity index (χ4v) is 3.58. The molecule has 2 N–H and O–H groups in total. The summed E-state index contributed by atoms with van der Waals surface area (Å²) in [6.07, 6.45) is 0.0827. The summed E-state index contributed by atoms with van der Waals surface area (Å²) in [5, 5.41) is 3.86. The van der Waals surface area contributed by atoms with E-state index in [9.17, 15) is 9.59 Å². The number of anilines is 1. The number of aromatic nitrogens is 2. The van der Waals surface area contributed by atoms with Gasteiger partial charge in [-0.1, -0.05) is 38.4 Å². The summed E-state index contributed by atoms with van der Waals surface area (Å²) in [5.74, 6) is 0.338. The Morgan fingerprint density at radius 1 is 1.23 bits per heavy atom. The molecule has 0 aliphatic rings. The van der Waals surface area contributed by atoms with Gasteiger partial charge in [-0.3, -0.25) is 14.2 Å². The van der Waals surface area contributed by atoms with E-state index in [0.717, 1.165) is 5.56 Å². The Bertz CT molecular complexity index is 1220. The maximum Gasteiger partial charge on any atom is 0.262 e. The first-order chi connectivity index (χ1) is 14.1. The fraction of sp³-hybridized carbons (Fsp3) is 0.318. The van der Waals surface area contributed by atoms with Crippen LogP contribution in [0.3, 0.4) is 0 Å². The maximum atomic E-state index is 12.8. The minimum atomic E-state index is -0.259. The number of fused-ring (bicyclic) bond motifs is 1. The Labute approximate surface area is 184 Å². The lowest BCUT2D eigenvalue weighted by molar-refractivity contribution is -0.116. The van der Waals surface area contributed by atoms with Crippen LogP contribution in [0.2, 0.25) is 5.02 Å². The molecule has 0 saturated heterocycles. The number of halogens is 1. The van der Waals surface area contributed by atoms with Crippen LogP contribution in [0, 0.1) is 4.77 Å². The number of methoxy groups -OCH3 is 1.